The highest BCUT2D eigenvalue weighted by Crippen LogP contribution is 2.31. The number of rotatable bonds is 4. The Morgan fingerprint density at radius 1 is 1.42 bits per heavy atom. The van der Waals surface area contributed by atoms with Gasteiger partial charge in [0.1, 0.15) is 0 Å². The minimum atomic E-state index is -0.220. The zero-order valence-electron chi connectivity index (χ0n) is 12.2. The van der Waals surface area contributed by atoms with Crippen molar-refractivity contribution in [2.75, 3.05) is 19.4 Å². The number of anilines is 1. The summed E-state index contributed by atoms with van der Waals surface area (Å²) in [5, 5.41) is 2.86. The van der Waals surface area contributed by atoms with Gasteiger partial charge in [-0.25, -0.2) is 0 Å². The third-order valence-corrected chi connectivity index (χ3v) is 3.48. The molecule has 1 atom stereocenters. The fourth-order valence-corrected chi connectivity index (χ4v) is 2.55. The average molecular weight is 261 g/mol. The number of fused-ring (bicyclic) bond motifs is 1. The fourth-order valence-electron chi connectivity index (χ4n) is 2.55. The van der Waals surface area contributed by atoms with Crippen LogP contribution in [-0.2, 0) is 11.2 Å². The number of nitrogens with one attached hydrogen (secondary N) is 1. The van der Waals surface area contributed by atoms with E-state index in [2.05, 4.69) is 36.4 Å². The predicted molar refractivity (Wildman–Crippen MR) is 78.1 cm³/mol. The summed E-state index contributed by atoms with van der Waals surface area (Å²) in [4.78, 5) is 13.6. The van der Waals surface area contributed by atoms with Crippen molar-refractivity contribution in [1.29, 1.82) is 0 Å². The molecule has 1 aliphatic heterocycles. The lowest BCUT2D eigenvalue weighted by Gasteiger charge is -2.31. The smallest absolute Gasteiger partial charge is 0.228 e. The Kier molecular flexibility index (Phi) is 3.65. The normalized spacial score (nSPS) is 16.4. The van der Waals surface area contributed by atoms with Crippen molar-refractivity contribution in [2.45, 2.75) is 38.3 Å². The van der Waals surface area contributed by atoms with Gasteiger partial charge < -0.3 is 16.0 Å². The molecule has 19 heavy (non-hydrogen) atoms. The van der Waals surface area contributed by atoms with Crippen molar-refractivity contribution in [3.05, 3.63) is 29.3 Å². The molecule has 0 saturated carbocycles. The van der Waals surface area contributed by atoms with Gasteiger partial charge in [0.25, 0.3) is 0 Å². The molecule has 104 valence electrons. The van der Waals surface area contributed by atoms with Gasteiger partial charge in [-0.05, 0) is 51.6 Å². The Balaban J connectivity index is 2.28. The monoisotopic (exact) mass is 261 g/mol. The first-order chi connectivity index (χ1) is 8.76. The largest absolute Gasteiger partial charge is 0.326 e. The van der Waals surface area contributed by atoms with Crippen LogP contribution in [0.5, 0.6) is 0 Å². The average Bonchev–Trinajstić information content (AvgIpc) is 2.63. The molecule has 0 aromatic heterocycles. The van der Waals surface area contributed by atoms with Crippen LogP contribution in [0.1, 0.15) is 37.4 Å². The lowest BCUT2D eigenvalue weighted by atomic mass is 9.90. The zero-order valence-corrected chi connectivity index (χ0v) is 12.2. The van der Waals surface area contributed by atoms with E-state index in [9.17, 15) is 4.79 Å². The molecule has 1 aromatic carbocycles. The lowest BCUT2D eigenvalue weighted by molar-refractivity contribution is -0.115. The third kappa shape index (κ3) is 3.33. The van der Waals surface area contributed by atoms with E-state index in [1.807, 2.05) is 19.9 Å². The number of hydrogen-bond donors (Lipinski definition) is 2. The van der Waals surface area contributed by atoms with Crippen LogP contribution >= 0.6 is 0 Å². The zero-order chi connectivity index (χ0) is 14.2. The SMILES string of the molecule is CN(C)C(CC(C)(C)N)c1ccc2c(c1)CC(=O)N2. The van der Waals surface area contributed by atoms with E-state index in [0.29, 0.717) is 6.42 Å². The van der Waals surface area contributed by atoms with Gasteiger partial charge in [-0.3, -0.25) is 4.79 Å². The van der Waals surface area contributed by atoms with Gasteiger partial charge in [-0.1, -0.05) is 12.1 Å². The molecule has 2 rings (SSSR count). The van der Waals surface area contributed by atoms with Crippen molar-refractivity contribution in [3.8, 4) is 0 Å². The van der Waals surface area contributed by atoms with Crippen molar-refractivity contribution in [2.24, 2.45) is 5.73 Å². The maximum Gasteiger partial charge on any atom is 0.228 e. The Labute approximate surface area is 115 Å². The number of hydrogen-bond acceptors (Lipinski definition) is 3. The molecule has 1 aromatic rings. The van der Waals surface area contributed by atoms with E-state index in [0.717, 1.165) is 17.7 Å². The number of nitrogens with zero attached hydrogens (tertiary/aromatic N) is 1. The van der Waals surface area contributed by atoms with Gasteiger partial charge in [-0.2, -0.15) is 0 Å². The van der Waals surface area contributed by atoms with Crippen LogP contribution in [0.2, 0.25) is 0 Å². The minimum Gasteiger partial charge on any atom is -0.326 e. The van der Waals surface area contributed by atoms with E-state index < -0.39 is 0 Å². The second-order valence-corrected chi connectivity index (χ2v) is 6.31. The first-order valence-corrected chi connectivity index (χ1v) is 6.64. The van der Waals surface area contributed by atoms with Gasteiger partial charge in [0.2, 0.25) is 5.91 Å². The number of benzene rings is 1. The molecule has 0 fully saturated rings. The molecule has 1 amide bonds. The molecule has 1 heterocycles. The van der Waals surface area contributed by atoms with E-state index in [1.54, 1.807) is 0 Å². The summed E-state index contributed by atoms with van der Waals surface area (Å²) in [6.07, 6.45) is 1.36. The second kappa shape index (κ2) is 4.94. The summed E-state index contributed by atoms with van der Waals surface area (Å²) in [7, 11) is 4.13. The number of nitrogens with two attached hydrogens (primary N) is 1. The minimum absolute atomic E-state index is 0.0766. The summed E-state index contributed by atoms with van der Waals surface area (Å²) >= 11 is 0. The molecule has 3 N–H and O–H groups in total. The quantitative estimate of drug-likeness (QED) is 0.870. The number of carbonyl (C=O) groups excluding carboxylic acids is 1. The third-order valence-electron chi connectivity index (χ3n) is 3.48. The van der Waals surface area contributed by atoms with Gasteiger partial charge >= 0.3 is 0 Å². The Hall–Kier alpha value is -1.39. The van der Waals surface area contributed by atoms with Gasteiger partial charge in [-0.15, -0.1) is 0 Å². The van der Waals surface area contributed by atoms with Gasteiger partial charge in [0.05, 0.1) is 6.42 Å². The van der Waals surface area contributed by atoms with E-state index in [-0.39, 0.29) is 17.5 Å². The highest BCUT2D eigenvalue weighted by molar-refractivity contribution is 5.99. The molecule has 1 unspecified atom stereocenters. The van der Waals surface area contributed by atoms with Crippen LogP contribution in [0.15, 0.2) is 18.2 Å². The number of carbonyl (C=O) groups is 1. The van der Waals surface area contributed by atoms with Crippen LogP contribution in [-0.4, -0.2) is 30.4 Å². The highest BCUT2D eigenvalue weighted by Gasteiger charge is 2.24. The molecule has 0 aliphatic carbocycles. The Morgan fingerprint density at radius 3 is 2.68 bits per heavy atom. The summed E-state index contributed by atoms with van der Waals surface area (Å²) in [5.41, 5.74) is 9.18. The Bertz CT molecular complexity index is 489. The molecular formula is C15H23N3O. The van der Waals surface area contributed by atoms with E-state index in [1.165, 1.54) is 5.56 Å². The van der Waals surface area contributed by atoms with Crippen molar-refractivity contribution >= 4 is 11.6 Å². The van der Waals surface area contributed by atoms with Crippen LogP contribution in [0, 0.1) is 0 Å². The van der Waals surface area contributed by atoms with Crippen molar-refractivity contribution < 1.29 is 4.79 Å². The topological polar surface area (TPSA) is 58.4 Å². The van der Waals surface area contributed by atoms with Crippen LogP contribution < -0.4 is 11.1 Å². The predicted octanol–water partition coefficient (Wildman–Crippen LogP) is 1.91. The molecule has 4 heteroatoms. The lowest BCUT2D eigenvalue weighted by Crippen LogP contribution is -2.37. The standard InChI is InChI=1S/C15H23N3O/c1-15(2,16)9-13(18(3)4)10-5-6-12-11(7-10)8-14(19)17-12/h5-7,13H,8-9,16H2,1-4H3,(H,17,19). The number of amides is 1. The highest BCUT2D eigenvalue weighted by atomic mass is 16.1. The summed E-state index contributed by atoms with van der Waals surface area (Å²) in [6, 6.07) is 6.47. The van der Waals surface area contributed by atoms with E-state index >= 15 is 0 Å². The van der Waals surface area contributed by atoms with Crippen molar-refractivity contribution in [3.63, 3.8) is 0 Å². The molecule has 0 saturated heterocycles. The first kappa shape index (κ1) is 14.0. The fraction of sp³-hybridized carbons (Fsp3) is 0.533. The van der Waals surface area contributed by atoms with Gasteiger partial charge in [0, 0.05) is 17.3 Å². The molecule has 0 spiro atoms. The molecule has 4 nitrogen and oxygen atoms in total. The Morgan fingerprint density at radius 2 is 2.11 bits per heavy atom. The summed E-state index contributed by atoms with van der Waals surface area (Å²) < 4.78 is 0. The van der Waals surface area contributed by atoms with E-state index in [4.69, 9.17) is 5.73 Å². The van der Waals surface area contributed by atoms with Crippen LogP contribution in [0.4, 0.5) is 5.69 Å². The van der Waals surface area contributed by atoms with Crippen molar-refractivity contribution in [1.82, 2.24) is 4.90 Å². The maximum absolute atomic E-state index is 11.4. The van der Waals surface area contributed by atoms with Gasteiger partial charge in [0.15, 0.2) is 0 Å². The molecule has 0 bridgehead atoms. The molecule has 1 aliphatic rings. The summed E-state index contributed by atoms with van der Waals surface area (Å²) in [6.45, 7) is 4.09. The van der Waals surface area contributed by atoms with Crippen LogP contribution in [0.25, 0.3) is 0 Å². The second-order valence-electron chi connectivity index (χ2n) is 6.31. The molecular weight excluding hydrogens is 238 g/mol. The summed E-state index contributed by atoms with van der Waals surface area (Å²) in [5.74, 6) is 0.0766. The maximum atomic E-state index is 11.4. The van der Waals surface area contributed by atoms with Crippen LogP contribution in [0.3, 0.4) is 0 Å². The molecule has 0 radical (unpaired) electrons. The first-order valence-electron chi connectivity index (χ1n) is 6.64.